The minimum Gasteiger partial charge on any atom is -0.443 e. The SMILES string of the molecule is Cc1nn(-c2cccc(C(F)(F)F)c2)c2sc(C(=O)O[C@@H](C)C#N)cc12. The largest absolute Gasteiger partial charge is 0.443 e. The summed E-state index contributed by atoms with van der Waals surface area (Å²) in [6.45, 7) is 3.15. The van der Waals surface area contributed by atoms with E-state index < -0.39 is 23.8 Å². The average molecular weight is 379 g/mol. The minimum atomic E-state index is -4.46. The number of thiophene rings is 1. The van der Waals surface area contributed by atoms with Gasteiger partial charge in [-0.2, -0.15) is 23.5 Å². The maximum atomic E-state index is 13.0. The second kappa shape index (κ2) is 6.46. The van der Waals surface area contributed by atoms with Crippen LogP contribution in [0.4, 0.5) is 13.2 Å². The van der Waals surface area contributed by atoms with E-state index in [0.29, 0.717) is 15.9 Å². The monoisotopic (exact) mass is 379 g/mol. The van der Waals surface area contributed by atoms with Gasteiger partial charge in [0, 0.05) is 5.39 Å². The molecular weight excluding hydrogens is 367 g/mol. The van der Waals surface area contributed by atoms with Crippen LogP contribution in [-0.4, -0.2) is 21.9 Å². The van der Waals surface area contributed by atoms with E-state index in [0.717, 1.165) is 23.5 Å². The molecule has 1 atom stereocenters. The average Bonchev–Trinajstić information content (AvgIpc) is 3.15. The van der Waals surface area contributed by atoms with E-state index in [1.165, 1.54) is 23.7 Å². The first-order valence-electron chi connectivity index (χ1n) is 7.48. The predicted octanol–water partition coefficient (Wildman–Crippen LogP) is 4.48. The third kappa shape index (κ3) is 3.28. The van der Waals surface area contributed by atoms with Crippen LogP contribution in [0.1, 0.15) is 27.9 Å². The summed E-state index contributed by atoms with van der Waals surface area (Å²) in [5.41, 5.74) is 0.0291. The smallest absolute Gasteiger partial charge is 0.416 e. The molecule has 1 aromatic carbocycles. The molecule has 3 aromatic rings. The van der Waals surface area contributed by atoms with Gasteiger partial charge in [0.25, 0.3) is 0 Å². The maximum absolute atomic E-state index is 13.0. The van der Waals surface area contributed by atoms with Gasteiger partial charge in [0.15, 0.2) is 6.10 Å². The number of ether oxygens (including phenoxy) is 1. The molecule has 0 spiro atoms. The molecule has 0 N–H and O–H groups in total. The Kier molecular flexibility index (Phi) is 4.46. The van der Waals surface area contributed by atoms with Gasteiger partial charge in [-0.25, -0.2) is 9.48 Å². The molecule has 9 heteroatoms. The van der Waals surface area contributed by atoms with Crippen molar-refractivity contribution in [1.82, 2.24) is 9.78 Å². The number of nitrogens with zero attached hydrogens (tertiary/aromatic N) is 3. The van der Waals surface area contributed by atoms with Crippen molar-refractivity contribution in [1.29, 1.82) is 5.26 Å². The van der Waals surface area contributed by atoms with Gasteiger partial charge < -0.3 is 4.74 Å². The van der Waals surface area contributed by atoms with Crippen molar-refractivity contribution in [3.8, 4) is 11.8 Å². The van der Waals surface area contributed by atoms with Crippen molar-refractivity contribution in [2.24, 2.45) is 0 Å². The second-order valence-corrected chi connectivity index (χ2v) is 6.58. The molecule has 5 nitrogen and oxygen atoms in total. The summed E-state index contributed by atoms with van der Waals surface area (Å²) >= 11 is 1.05. The number of benzene rings is 1. The summed E-state index contributed by atoms with van der Waals surface area (Å²) in [6.07, 6.45) is -5.36. The molecule has 0 aliphatic rings. The van der Waals surface area contributed by atoms with Crippen LogP contribution in [0.25, 0.3) is 15.9 Å². The van der Waals surface area contributed by atoms with Crippen LogP contribution in [0.2, 0.25) is 0 Å². The summed E-state index contributed by atoms with van der Waals surface area (Å²) < 4.78 is 45.2. The molecule has 26 heavy (non-hydrogen) atoms. The van der Waals surface area contributed by atoms with E-state index in [-0.39, 0.29) is 10.6 Å². The van der Waals surface area contributed by atoms with Crippen LogP contribution < -0.4 is 0 Å². The third-order valence-electron chi connectivity index (χ3n) is 3.63. The summed E-state index contributed by atoms with van der Waals surface area (Å²) in [6, 6.07) is 8.17. The standard InChI is InChI=1S/C17H12F3N3O2S/c1-9(8-21)25-16(24)14-7-13-10(2)22-23(15(13)26-14)12-5-3-4-11(6-12)17(18,19)20/h3-7,9H,1-2H3/t9-/m0/s1. The van der Waals surface area contributed by atoms with E-state index in [1.807, 2.05) is 0 Å². The summed E-state index contributed by atoms with van der Waals surface area (Å²) in [5, 5.41) is 13.6. The van der Waals surface area contributed by atoms with Gasteiger partial charge >= 0.3 is 12.1 Å². The van der Waals surface area contributed by atoms with Crippen LogP contribution in [-0.2, 0) is 10.9 Å². The molecule has 134 valence electrons. The first kappa shape index (κ1) is 17.9. The maximum Gasteiger partial charge on any atom is 0.416 e. The van der Waals surface area contributed by atoms with Crippen molar-refractivity contribution in [3.05, 3.63) is 46.5 Å². The number of aryl methyl sites for hydroxylation is 1. The van der Waals surface area contributed by atoms with Crippen molar-refractivity contribution in [3.63, 3.8) is 0 Å². The number of aromatic nitrogens is 2. The molecule has 2 aromatic heterocycles. The van der Waals surface area contributed by atoms with Gasteiger partial charge in [0.05, 0.1) is 16.9 Å². The summed E-state index contributed by atoms with van der Waals surface area (Å²) in [5.74, 6) is -0.657. The Bertz CT molecular complexity index is 1030. The van der Waals surface area contributed by atoms with E-state index in [2.05, 4.69) is 5.10 Å². The van der Waals surface area contributed by atoms with Crippen molar-refractivity contribution >= 4 is 27.5 Å². The zero-order valence-electron chi connectivity index (χ0n) is 13.7. The lowest BCUT2D eigenvalue weighted by Crippen LogP contribution is -2.11. The fraction of sp³-hybridized carbons (Fsp3) is 0.235. The van der Waals surface area contributed by atoms with E-state index >= 15 is 0 Å². The molecule has 0 fully saturated rings. The van der Waals surface area contributed by atoms with Crippen LogP contribution in [0, 0.1) is 18.3 Å². The molecule has 0 unspecified atom stereocenters. The highest BCUT2D eigenvalue weighted by molar-refractivity contribution is 7.20. The number of fused-ring (bicyclic) bond motifs is 1. The number of hydrogen-bond acceptors (Lipinski definition) is 5. The van der Waals surface area contributed by atoms with E-state index in [1.54, 1.807) is 19.1 Å². The fourth-order valence-corrected chi connectivity index (χ4v) is 3.45. The second-order valence-electron chi connectivity index (χ2n) is 5.55. The van der Waals surface area contributed by atoms with Crippen molar-refractivity contribution < 1.29 is 22.7 Å². The van der Waals surface area contributed by atoms with Gasteiger partial charge in [0.2, 0.25) is 0 Å². The van der Waals surface area contributed by atoms with E-state index in [4.69, 9.17) is 10.00 Å². The van der Waals surface area contributed by atoms with Gasteiger partial charge in [-0.05, 0) is 38.1 Å². The van der Waals surface area contributed by atoms with Crippen LogP contribution in [0.3, 0.4) is 0 Å². The molecule has 0 saturated heterocycles. The Morgan fingerprint density at radius 2 is 2.12 bits per heavy atom. The molecule has 0 aliphatic carbocycles. The molecule has 0 bridgehead atoms. The van der Waals surface area contributed by atoms with Gasteiger partial charge in [-0.1, -0.05) is 6.07 Å². The Hall–Kier alpha value is -2.86. The number of carbonyl (C=O) groups excluding carboxylic acids is 1. The number of carbonyl (C=O) groups is 1. The quantitative estimate of drug-likeness (QED) is 0.629. The van der Waals surface area contributed by atoms with Crippen LogP contribution in [0.15, 0.2) is 30.3 Å². The normalized spacial score (nSPS) is 12.8. The van der Waals surface area contributed by atoms with Gasteiger partial charge in [-0.3, -0.25) is 0 Å². The zero-order valence-corrected chi connectivity index (χ0v) is 14.5. The summed E-state index contributed by atoms with van der Waals surface area (Å²) in [7, 11) is 0. The molecule has 0 saturated carbocycles. The zero-order chi connectivity index (χ0) is 19.1. The lowest BCUT2D eigenvalue weighted by Gasteiger charge is -2.09. The Morgan fingerprint density at radius 3 is 2.77 bits per heavy atom. The Labute approximate surface area is 150 Å². The number of rotatable bonds is 3. The number of hydrogen-bond donors (Lipinski definition) is 0. The highest BCUT2D eigenvalue weighted by Crippen LogP contribution is 2.34. The molecule has 0 aliphatic heterocycles. The number of esters is 1. The first-order valence-corrected chi connectivity index (χ1v) is 8.29. The van der Waals surface area contributed by atoms with Crippen molar-refractivity contribution in [2.75, 3.05) is 0 Å². The van der Waals surface area contributed by atoms with E-state index in [9.17, 15) is 18.0 Å². The molecular formula is C17H12F3N3O2S. The lowest BCUT2D eigenvalue weighted by atomic mass is 10.2. The molecule has 0 amide bonds. The van der Waals surface area contributed by atoms with Gasteiger partial charge in [-0.15, -0.1) is 11.3 Å². The third-order valence-corrected chi connectivity index (χ3v) is 4.72. The highest BCUT2D eigenvalue weighted by atomic mass is 32.1. The van der Waals surface area contributed by atoms with Crippen LogP contribution in [0.5, 0.6) is 0 Å². The highest BCUT2D eigenvalue weighted by Gasteiger charge is 2.31. The minimum absolute atomic E-state index is 0.241. The first-order chi connectivity index (χ1) is 12.2. The Balaban J connectivity index is 2.06. The van der Waals surface area contributed by atoms with Gasteiger partial charge in [0.1, 0.15) is 15.8 Å². The fourth-order valence-electron chi connectivity index (χ4n) is 2.38. The molecule has 3 rings (SSSR count). The number of nitriles is 1. The molecule has 0 radical (unpaired) electrons. The summed E-state index contributed by atoms with van der Waals surface area (Å²) in [4.78, 5) is 12.9. The molecule has 2 heterocycles. The predicted molar refractivity (Wildman–Crippen MR) is 89.2 cm³/mol. The lowest BCUT2D eigenvalue weighted by molar-refractivity contribution is -0.137. The van der Waals surface area contributed by atoms with Crippen LogP contribution >= 0.6 is 11.3 Å². The number of halogens is 3. The number of alkyl halides is 3. The topological polar surface area (TPSA) is 67.9 Å². The Morgan fingerprint density at radius 1 is 1.38 bits per heavy atom. The van der Waals surface area contributed by atoms with Crippen molar-refractivity contribution in [2.45, 2.75) is 26.1 Å².